The van der Waals surface area contributed by atoms with E-state index in [0.717, 1.165) is 25.1 Å². The molecule has 4 rings (SSSR count). The molecule has 2 heterocycles. The van der Waals surface area contributed by atoms with Crippen molar-refractivity contribution in [2.24, 2.45) is 13.0 Å². The first-order valence-electron chi connectivity index (χ1n) is 8.83. The Morgan fingerprint density at radius 3 is 2.67 bits per heavy atom. The largest absolute Gasteiger partial charge is 0.308 e. The molecular formula is C19H24N4O. The van der Waals surface area contributed by atoms with E-state index in [4.69, 9.17) is 0 Å². The van der Waals surface area contributed by atoms with Gasteiger partial charge in [-0.3, -0.25) is 14.8 Å². The van der Waals surface area contributed by atoms with Crippen molar-refractivity contribution >= 4 is 11.6 Å². The second-order valence-electron chi connectivity index (χ2n) is 6.95. The lowest BCUT2D eigenvalue weighted by Crippen LogP contribution is -2.52. The first kappa shape index (κ1) is 15.4. The molecule has 5 nitrogen and oxygen atoms in total. The highest BCUT2D eigenvalue weighted by Crippen LogP contribution is 2.41. The molecule has 0 radical (unpaired) electrons. The number of nitrogens with one attached hydrogen (secondary N) is 1. The van der Waals surface area contributed by atoms with Crippen LogP contribution in [0.1, 0.15) is 37.3 Å². The van der Waals surface area contributed by atoms with E-state index in [-0.39, 0.29) is 18.0 Å². The third kappa shape index (κ3) is 3.08. The van der Waals surface area contributed by atoms with Crippen LogP contribution in [0.5, 0.6) is 0 Å². The molecule has 1 aliphatic heterocycles. The van der Waals surface area contributed by atoms with Gasteiger partial charge in [0.05, 0.1) is 17.9 Å². The van der Waals surface area contributed by atoms with Crippen LogP contribution in [0, 0.1) is 5.92 Å². The molecule has 0 bridgehead atoms. The number of rotatable bonds is 5. The normalized spacial score (nSPS) is 22.6. The molecule has 2 fully saturated rings. The summed E-state index contributed by atoms with van der Waals surface area (Å²) < 4.78 is 1.75. The van der Waals surface area contributed by atoms with E-state index in [2.05, 4.69) is 34.7 Å². The second-order valence-corrected chi connectivity index (χ2v) is 6.95. The number of carbonyl (C=O) groups excluding carboxylic acids is 1. The summed E-state index contributed by atoms with van der Waals surface area (Å²) in [6.45, 7) is 0.780. The lowest BCUT2D eigenvalue weighted by atomic mass is 9.98. The van der Waals surface area contributed by atoms with Gasteiger partial charge in [0, 0.05) is 25.8 Å². The molecule has 1 amide bonds. The van der Waals surface area contributed by atoms with Crippen LogP contribution in [0.15, 0.2) is 42.7 Å². The maximum atomic E-state index is 13.0. The van der Waals surface area contributed by atoms with Gasteiger partial charge < -0.3 is 4.90 Å². The molecule has 1 N–H and O–H groups in total. The van der Waals surface area contributed by atoms with E-state index in [9.17, 15) is 4.79 Å². The zero-order chi connectivity index (χ0) is 16.5. The Hall–Kier alpha value is -2.14. The number of benzene rings is 1. The highest BCUT2D eigenvalue weighted by Gasteiger charge is 2.37. The molecule has 1 aromatic carbocycles. The number of hydrogen-bond donors (Lipinski definition) is 1. The van der Waals surface area contributed by atoms with Crippen LogP contribution in [0.2, 0.25) is 0 Å². The van der Waals surface area contributed by atoms with Gasteiger partial charge >= 0.3 is 0 Å². The predicted molar refractivity (Wildman–Crippen MR) is 93.6 cm³/mol. The van der Waals surface area contributed by atoms with Gasteiger partial charge in [-0.15, -0.1) is 0 Å². The van der Waals surface area contributed by atoms with Crippen molar-refractivity contribution in [1.29, 1.82) is 0 Å². The molecule has 2 atom stereocenters. The summed E-state index contributed by atoms with van der Waals surface area (Å²) in [5.74, 6) is 0.838. The van der Waals surface area contributed by atoms with Crippen LogP contribution in [0.3, 0.4) is 0 Å². The summed E-state index contributed by atoms with van der Waals surface area (Å²) in [5, 5.41) is 7.87. The lowest BCUT2D eigenvalue weighted by Gasteiger charge is -2.34. The minimum Gasteiger partial charge on any atom is -0.308 e. The monoisotopic (exact) mass is 324 g/mol. The zero-order valence-corrected chi connectivity index (χ0v) is 14.1. The number of amides is 1. The number of aromatic nitrogens is 2. The number of carbonyl (C=O) groups is 1. The lowest BCUT2D eigenvalue weighted by molar-refractivity contribution is -0.122. The average Bonchev–Trinajstić information content (AvgIpc) is 3.35. The molecule has 1 saturated carbocycles. The molecule has 5 heteroatoms. The van der Waals surface area contributed by atoms with Gasteiger partial charge in [0.2, 0.25) is 5.91 Å². The Kier molecular flexibility index (Phi) is 4.10. The maximum absolute atomic E-state index is 13.0. The summed E-state index contributed by atoms with van der Waals surface area (Å²) in [7, 11) is 1.88. The van der Waals surface area contributed by atoms with Crippen molar-refractivity contribution in [3.8, 4) is 0 Å². The third-order valence-electron chi connectivity index (χ3n) is 5.07. The fourth-order valence-electron chi connectivity index (χ4n) is 3.65. The van der Waals surface area contributed by atoms with Crippen molar-refractivity contribution in [1.82, 2.24) is 15.1 Å². The summed E-state index contributed by atoms with van der Waals surface area (Å²) in [6.07, 6.45) is 8.11. The van der Waals surface area contributed by atoms with Gasteiger partial charge in [-0.05, 0) is 37.2 Å². The average molecular weight is 324 g/mol. The molecule has 1 saturated heterocycles. The first-order valence-corrected chi connectivity index (χ1v) is 8.83. The topological polar surface area (TPSA) is 50.2 Å². The molecule has 126 valence electrons. The van der Waals surface area contributed by atoms with Gasteiger partial charge in [-0.1, -0.05) is 30.3 Å². The van der Waals surface area contributed by atoms with E-state index in [1.807, 2.05) is 24.2 Å². The Balaban J connectivity index is 1.51. The second kappa shape index (κ2) is 6.40. The molecule has 1 aromatic heterocycles. The van der Waals surface area contributed by atoms with Crippen molar-refractivity contribution in [3.05, 3.63) is 48.3 Å². The summed E-state index contributed by atoms with van der Waals surface area (Å²) in [5.41, 5.74) is 2.20. The fraction of sp³-hybridized carbons (Fsp3) is 0.474. The summed E-state index contributed by atoms with van der Waals surface area (Å²) in [4.78, 5) is 14.8. The van der Waals surface area contributed by atoms with Crippen LogP contribution in [0.25, 0.3) is 0 Å². The smallest absolute Gasteiger partial charge is 0.244 e. The molecule has 0 spiro atoms. The molecular weight excluding hydrogens is 300 g/mol. The quantitative estimate of drug-likeness (QED) is 0.920. The van der Waals surface area contributed by atoms with Crippen LogP contribution < -0.4 is 10.2 Å². The molecule has 1 aliphatic carbocycles. The Labute approximate surface area is 142 Å². The molecule has 2 aromatic rings. The molecule has 2 aliphatic rings. The molecule has 2 unspecified atom stereocenters. The van der Waals surface area contributed by atoms with Crippen LogP contribution in [-0.4, -0.2) is 28.3 Å². The maximum Gasteiger partial charge on any atom is 0.244 e. The highest BCUT2D eigenvalue weighted by atomic mass is 16.2. The van der Waals surface area contributed by atoms with Gasteiger partial charge in [0.25, 0.3) is 0 Å². The Morgan fingerprint density at radius 2 is 2.00 bits per heavy atom. The Bertz CT molecular complexity index is 707. The Morgan fingerprint density at radius 1 is 1.21 bits per heavy atom. The van der Waals surface area contributed by atoms with E-state index in [1.165, 1.54) is 18.4 Å². The molecule has 24 heavy (non-hydrogen) atoms. The van der Waals surface area contributed by atoms with Crippen LogP contribution in [-0.2, 0) is 11.8 Å². The van der Waals surface area contributed by atoms with Crippen LogP contribution in [0.4, 0.5) is 5.69 Å². The zero-order valence-electron chi connectivity index (χ0n) is 14.1. The highest BCUT2D eigenvalue weighted by molar-refractivity contribution is 5.97. The SMILES string of the molecule is Cn1cc(N2CCCC(NC(c3ccccc3)C3CC3)C2=O)cn1. The van der Waals surface area contributed by atoms with Gasteiger partial charge in [-0.2, -0.15) is 5.10 Å². The predicted octanol–water partition coefficient (Wildman–Crippen LogP) is 2.66. The number of nitrogens with zero attached hydrogens (tertiary/aromatic N) is 3. The summed E-state index contributed by atoms with van der Waals surface area (Å²) >= 11 is 0. The number of anilines is 1. The first-order chi connectivity index (χ1) is 11.7. The van der Waals surface area contributed by atoms with E-state index < -0.39 is 0 Å². The van der Waals surface area contributed by atoms with Crippen molar-refractivity contribution in [2.45, 2.75) is 37.8 Å². The standard InChI is InChI=1S/C19H24N4O/c1-22-13-16(12-20-22)23-11-5-8-17(19(23)24)21-18(15-9-10-15)14-6-3-2-4-7-14/h2-4,6-7,12-13,15,17-18,21H,5,8-11H2,1H3. The van der Waals surface area contributed by atoms with Crippen molar-refractivity contribution in [3.63, 3.8) is 0 Å². The van der Waals surface area contributed by atoms with Crippen molar-refractivity contribution in [2.75, 3.05) is 11.4 Å². The minimum atomic E-state index is -0.107. The van der Waals surface area contributed by atoms with Gasteiger partial charge in [0.1, 0.15) is 0 Å². The number of piperidine rings is 1. The van der Waals surface area contributed by atoms with E-state index in [1.54, 1.807) is 10.9 Å². The number of hydrogen-bond acceptors (Lipinski definition) is 3. The fourth-order valence-corrected chi connectivity index (χ4v) is 3.65. The van der Waals surface area contributed by atoms with Crippen LogP contribution >= 0.6 is 0 Å². The van der Waals surface area contributed by atoms with Crippen molar-refractivity contribution < 1.29 is 4.79 Å². The minimum absolute atomic E-state index is 0.107. The third-order valence-corrected chi connectivity index (χ3v) is 5.07. The number of aryl methyl sites for hydroxylation is 1. The van der Waals surface area contributed by atoms with E-state index in [0.29, 0.717) is 5.92 Å². The van der Waals surface area contributed by atoms with E-state index >= 15 is 0 Å². The summed E-state index contributed by atoms with van der Waals surface area (Å²) in [6, 6.07) is 10.7. The van der Waals surface area contributed by atoms with Gasteiger partial charge in [-0.25, -0.2) is 0 Å². The van der Waals surface area contributed by atoms with Gasteiger partial charge in [0.15, 0.2) is 0 Å².